The molecule has 0 aliphatic rings. The molecule has 0 aliphatic carbocycles. The molecule has 0 spiro atoms. The van der Waals surface area contributed by atoms with Gasteiger partial charge in [-0.15, -0.1) is 0 Å². The monoisotopic (exact) mass is 337 g/mol. The minimum Gasteiger partial charge on any atom is -0.460 e. The van der Waals surface area contributed by atoms with Crippen LogP contribution in [0.2, 0.25) is 0 Å². The number of nitrogens with zero attached hydrogens (tertiary/aromatic N) is 1. The fourth-order valence-corrected chi connectivity index (χ4v) is 2.85. The van der Waals surface area contributed by atoms with Gasteiger partial charge in [0.2, 0.25) is 0 Å². The van der Waals surface area contributed by atoms with E-state index in [-0.39, 0.29) is 5.41 Å². The SMILES string of the molecule is CCC(CC)(CC)c1ccc(C=Nc2ccc(C(F)(F)F)cc2)o1. The van der Waals surface area contributed by atoms with Crippen LogP contribution in [-0.4, -0.2) is 6.21 Å². The second-order valence-electron chi connectivity index (χ2n) is 5.85. The number of furan rings is 1. The van der Waals surface area contributed by atoms with Gasteiger partial charge in [-0.25, -0.2) is 0 Å². The highest BCUT2D eigenvalue weighted by Crippen LogP contribution is 2.36. The van der Waals surface area contributed by atoms with E-state index in [1.54, 1.807) is 0 Å². The Morgan fingerprint density at radius 3 is 2.00 bits per heavy atom. The van der Waals surface area contributed by atoms with Gasteiger partial charge in [-0.3, -0.25) is 4.99 Å². The zero-order chi connectivity index (χ0) is 17.8. The fourth-order valence-electron chi connectivity index (χ4n) is 2.85. The maximum Gasteiger partial charge on any atom is 0.416 e. The summed E-state index contributed by atoms with van der Waals surface area (Å²) in [6.07, 6.45) is 0.175. The first-order valence-electron chi connectivity index (χ1n) is 8.16. The summed E-state index contributed by atoms with van der Waals surface area (Å²) in [5.41, 5.74) is -0.200. The summed E-state index contributed by atoms with van der Waals surface area (Å²) in [7, 11) is 0. The number of hydrogen-bond acceptors (Lipinski definition) is 2. The van der Waals surface area contributed by atoms with Crippen LogP contribution in [0.1, 0.15) is 57.1 Å². The van der Waals surface area contributed by atoms with E-state index in [0.29, 0.717) is 11.4 Å². The van der Waals surface area contributed by atoms with Crippen LogP contribution in [-0.2, 0) is 11.6 Å². The first kappa shape index (κ1) is 18.3. The van der Waals surface area contributed by atoms with Crippen molar-refractivity contribution in [3.8, 4) is 0 Å². The summed E-state index contributed by atoms with van der Waals surface area (Å²) in [6.45, 7) is 6.43. The molecule has 24 heavy (non-hydrogen) atoms. The normalized spacial score (nSPS) is 12.9. The summed E-state index contributed by atoms with van der Waals surface area (Å²) >= 11 is 0. The molecule has 2 aromatic rings. The number of halogens is 3. The van der Waals surface area contributed by atoms with Crippen molar-refractivity contribution in [2.24, 2.45) is 4.99 Å². The van der Waals surface area contributed by atoms with E-state index in [4.69, 9.17) is 4.42 Å². The van der Waals surface area contributed by atoms with Crippen LogP contribution in [0.25, 0.3) is 0 Å². The Hall–Kier alpha value is -2.04. The molecule has 130 valence electrons. The number of benzene rings is 1. The predicted octanol–water partition coefficient (Wildman–Crippen LogP) is 6.52. The number of hydrogen-bond donors (Lipinski definition) is 0. The van der Waals surface area contributed by atoms with Crippen molar-refractivity contribution >= 4 is 11.9 Å². The van der Waals surface area contributed by atoms with E-state index in [9.17, 15) is 13.2 Å². The van der Waals surface area contributed by atoms with Crippen LogP contribution in [0.5, 0.6) is 0 Å². The third-order valence-corrected chi connectivity index (χ3v) is 4.72. The van der Waals surface area contributed by atoms with Gasteiger partial charge in [-0.05, 0) is 55.7 Å². The largest absolute Gasteiger partial charge is 0.460 e. The van der Waals surface area contributed by atoms with Gasteiger partial charge in [0.1, 0.15) is 11.5 Å². The van der Waals surface area contributed by atoms with E-state index in [2.05, 4.69) is 25.8 Å². The topological polar surface area (TPSA) is 25.5 Å². The quantitative estimate of drug-likeness (QED) is 0.551. The molecule has 0 bridgehead atoms. The maximum absolute atomic E-state index is 12.5. The molecule has 0 atom stereocenters. The van der Waals surface area contributed by atoms with E-state index in [1.165, 1.54) is 18.3 Å². The van der Waals surface area contributed by atoms with Gasteiger partial charge in [-0.2, -0.15) is 13.2 Å². The van der Waals surface area contributed by atoms with E-state index in [0.717, 1.165) is 37.2 Å². The first-order valence-corrected chi connectivity index (χ1v) is 8.16. The lowest BCUT2D eigenvalue weighted by molar-refractivity contribution is -0.137. The molecule has 0 radical (unpaired) electrons. The lowest BCUT2D eigenvalue weighted by atomic mass is 9.78. The summed E-state index contributed by atoms with van der Waals surface area (Å²) < 4.78 is 43.5. The van der Waals surface area contributed by atoms with Crippen molar-refractivity contribution < 1.29 is 17.6 Å². The van der Waals surface area contributed by atoms with Crippen LogP contribution < -0.4 is 0 Å². The summed E-state index contributed by atoms with van der Waals surface area (Å²) in [6, 6.07) is 8.55. The van der Waals surface area contributed by atoms with E-state index < -0.39 is 11.7 Å². The lowest BCUT2D eigenvalue weighted by Crippen LogP contribution is -2.22. The van der Waals surface area contributed by atoms with Crippen LogP contribution in [0, 0.1) is 0 Å². The molecular weight excluding hydrogens is 315 g/mol. The van der Waals surface area contributed by atoms with Gasteiger partial charge in [0.05, 0.1) is 17.5 Å². The van der Waals surface area contributed by atoms with Gasteiger partial charge in [0.25, 0.3) is 0 Å². The highest BCUT2D eigenvalue weighted by atomic mass is 19.4. The Kier molecular flexibility index (Phi) is 5.52. The first-order chi connectivity index (χ1) is 11.3. The van der Waals surface area contributed by atoms with Crippen LogP contribution in [0.4, 0.5) is 18.9 Å². The van der Waals surface area contributed by atoms with Crippen molar-refractivity contribution in [3.63, 3.8) is 0 Å². The standard InChI is InChI=1S/C19H22F3NO/c1-4-18(5-2,6-3)17-12-11-16(24-17)13-23-15-9-7-14(8-10-15)19(20,21)22/h7-13H,4-6H2,1-3H3. The minimum absolute atomic E-state index is 0.0282. The molecule has 5 heteroatoms. The van der Waals surface area contributed by atoms with Crippen molar-refractivity contribution in [3.05, 3.63) is 53.5 Å². The van der Waals surface area contributed by atoms with Gasteiger partial charge < -0.3 is 4.42 Å². The van der Waals surface area contributed by atoms with Crippen LogP contribution >= 0.6 is 0 Å². The lowest BCUT2D eigenvalue weighted by Gasteiger charge is -2.27. The molecule has 0 saturated carbocycles. The highest BCUT2D eigenvalue weighted by Gasteiger charge is 2.30. The highest BCUT2D eigenvalue weighted by molar-refractivity contribution is 5.78. The molecular formula is C19H22F3NO. The van der Waals surface area contributed by atoms with Crippen molar-refractivity contribution in [2.75, 3.05) is 0 Å². The molecule has 0 unspecified atom stereocenters. The van der Waals surface area contributed by atoms with Crippen molar-refractivity contribution in [1.82, 2.24) is 0 Å². The fraction of sp³-hybridized carbons (Fsp3) is 0.421. The minimum atomic E-state index is -4.33. The van der Waals surface area contributed by atoms with Crippen LogP contribution in [0.15, 0.2) is 45.8 Å². The molecule has 2 rings (SSSR count). The smallest absolute Gasteiger partial charge is 0.416 e. The zero-order valence-electron chi connectivity index (χ0n) is 14.2. The summed E-state index contributed by atoms with van der Waals surface area (Å²) in [5, 5.41) is 0. The Labute approximate surface area is 140 Å². The average Bonchev–Trinajstić information content (AvgIpc) is 3.04. The van der Waals surface area contributed by atoms with Gasteiger partial charge >= 0.3 is 6.18 Å². The predicted molar refractivity (Wildman–Crippen MR) is 90.0 cm³/mol. The Morgan fingerprint density at radius 1 is 0.917 bits per heavy atom. The van der Waals surface area contributed by atoms with Gasteiger partial charge in [0, 0.05) is 5.41 Å². The molecule has 0 fully saturated rings. The van der Waals surface area contributed by atoms with Gasteiger partial charge in [0.15, 0.2) is 0 Å². The maximum atomic E-state index is 12.5. The molecule has 1 heterocycles. The van der Waals surface area contributed by atoms with Crippen LogP contribution in [0.3, 0.4) is 0 Å². The molecule has 0 saturated heterocycles. The second-order valence-corrected chi connectivity index (χ2v) is 5.85. The van der Waals surface area contributed by atoms with Crippen molar-refractivity contribution in [2.45, 2.75) is 51.6 Å². The Balaban J connectivity index is 2.16. The average molecular weight is 337 g/mol. The second kappa shape index (κ2) is 7.24. The Bertz CT molecular complexity index is 671. The number of rotatable bonds is 6. The van der Waals surface area contributed by atoms with E-state index >= 15 is 0 Å². The molecule has 0 amide bonds. The third kappa shape index (κ3) is 3.89. The van der Waals surface area contributed by atoms with Crippen molar-refractivity contribution in [1.29, 1.82) is 0 Å². The van der Waals surface area contributed by atoms with E-state index in [1.807, 2.05) is 12.1 Å². The molecule has 2 nitrogen and oxygen atoms in total. The third-order valence-electron chi connectivity index (χ3n) is 4.72. The molecule has 1 aromatic carbocycles. The molecule has 0 aliphatic heterocycles. The Morgan fingerprint density at radius 2 is 1.50 bits per heavy atom. The molecule has 1 aromatic heterocycles. The molecule has 0 N–H and O–H groups in total. The number of aliphatic imine (C=N–C) groups is 1. The zero-order valence-corrected chi connectivity index (χ0v) is 14.2. The summed E-state index contributed by atoms with van der Waals surface area (Å²) in [4.78, 5) is 4.19. The summed E-state index contributed by atoms with van der Waals surface area (Å²) in [5.74, 6) is 1.54. The van der Waals surface area contributed by atoms with Gasteiger partial charge in [-0.1, -0.05) is 20.8 Å². The number of alkyl halides is 3.